The normalized spacial score (nSPS) is 8.43. The van der Waals surface area contributed by atoms with E-state index in [1.54, 1.807) is 0 Å². The largest absolute Gasteiger partial charge is 2.00 e. The number of halogens is 1. The predicted molar refractivity (Wildman–Crippen MR) is 22.2 cm³/mol. The van der Waals surface area contributed by atoms with Crippen LogP contribution in [0.25, 0.3) is 0 Å². The molecule has 0 fully saturated rings. The summed E-state index contributed by atoms with van der Waals surface area (Å²) < 4.78 is 19.0. The van der Waals surface area contributed by atoms with E-state index in [-0.39, 0.29) is 71.6 Å². The molecule has 0 aliphatic carbocycles. The maximum atomic E-state index is 10.4. The number of hydrogen-bond donors (Lipinski definition) is 2. The first-order valence-corrected chi connectivity index (χ1v) is 2.25. The molecule has 0 aromatic carbocycles. The zero-order valence-electron chi connectivity index (χ0n) is 6.83. The van der Waals surface area contributed by atoms with Crippen molar-refractivity contribution in [2.75, 3.05) is 0 Å². The topological polar surface area (TPSA) is 57.5 Å². The Morgan fingerprint density at radius 2 is 1.57 bits per heavy atom. The van der Waals surface area contributed by atoms with Crippen LogP contribution in [-0.2, 0) is 4.57 Å². The van der Waals surface area contributed by atoms with Crippen molar-refractivity contribution >= 4 is 45.6 Å². The van der Waals surface area contributed by atoms with E-state index in [0.29, 0.717) is 0 Å². The molecule has 0 atom stereocenters. The van der Waals surface area contributed by atoms with Gasteiger partial charge in [0.1, 0.15) is 0 Å². The third-order valence-electron chi connectivity index (χ3n) is 0. The third kappa shape index (κ3) is 61.2. The second-order valence-electron chi connectivity index (χ2n) is 0.473. The Kier molecular flexibility index (Phi) is 14.9. The van der Waals surface area contributed by atoms with Gasteiger partial charge in [-0.2, -0.15) is 0 Å². The Balaban J connectivity index is -0.00000000800. The first-order chi connectivity index (χ1) is 2.00. The van der Waals surface area contributed by atoms with Crippen LogP contribution in [0.2, 0.25) is 0 Å². The van der Waals surface area contributed by atoms with E-state index in [4.69, 9.17) is 14.4 Å². The average Bonchev–Trinajstić information content (AvgIpc) is 0.722. The summed E-state index contributed by atoms with van der Waals surface area (Å²) in [6.07, 6.45) is 0. The van der Waals surface area contributed by atoms with Crippen molar-refractivity contribution in [3.05, 3.63) is 0 Å². The van der Waals surface area contributed by atoms with Gasteiger partial charge in [-0.25, -0.2) is 4.57 Å². The Hall–Kier alpha value is 2.34. The van der Waals surface area contributed by atoms with Gasteiger partial charge in [-0.3, -0.25) is 9.79 Å². The van der Waals surface area contributed by atoms with Gasteiger partial charge in [0.15, 0.2) is 0 Å². The summed E-state index contributed by atoms with van der Waals surface area (Å²) in [5.74, 6) is 0. The molecule has 0 amide bonds. The van der Waals surface area contributed by atoms with Gasteiger partial charge in [0.2, 0.25) is 0 Å². The molecule has 0 aliphatic rings. The molecule has 0 spiro atoms. The minimum Gasteiger partial charge on any atom is -1.00 e. The standard InChI is InChI=1S/Ca.FH2O3P.Na.3H/c;1-5(2,3)4;;;;/h;(H2,2,3,4);;;;/q+2;;+1;3*-1. The van der Waals surface area contributed by atoms with E-state index in [1.807, 2.05) is 0 Å². The molecule has 38 valence electrons. The molecule has 2 N–H and O–H groups in total. The average molecular weight is 166 g/mol. The SMILES string of the molecule is O=P(O)(O)F.[Ca+2].[H-].[H-].[H-].[Na+]. The second-order valence-corrected chi connectivity index (χ2v) is 1.42. The third-order valence-corrected chi connectivity index (χ3v) is 0. The van der Waals surface area contributed by atoms with Crippen LogP contribution in [0.3, 0.4) is 0 Å². The van der Waals surface area contributed by atoms with Crippen LogP contribution in [0.15, 0.2) is 0 Å². The molecule has 0 saturated heterocycles. The molecule has 7 heteroatoms. The van der Waals surface area contributed by atoms with Crippen molar-refractivity contribution in [1.82, 2.24) is 0 Å². The predicted octanol–water partition coefficient (Wildman–Crippen LogP) is -2.99. The van der Waals surface area contributed by atoms with Crippen LogP contribution >= 0.6 is 7.91 Å². The Morgan fingerprint density at radius 1 is 1.57 bits per heavy atom. The van der Waals surface area contributed by atoms with Crippen LogP contribution in [0.5, 0.6) is 0 Å². The van der Waals surface area contributed by atoms with E-state index in [1.165, 1.54) is 0 Å². The van der Waals surface area contributed by atoms with Crippen molar-refractivity contribution < 1.29 is 52.4 Å². The summed E-state index contributed by atoms with van der Waals surface area (Å²) >= 11 is 0. The van der Waals surface area contributed by atoms with E-state index in [0.717, 1.165) is 0 Å². The van der Waals surface area contributed by atoms with Gasteiger partial charge >= 0.3 is 75.2 Å². The molecule has 0 aromatic heterocycles. The maximum absolute atomic E-state index is 10.4. The molecule has 0 unspecified atom stereocenters. The van der Waals surface area contributed by atoms with Gasteiger partial charge in [-0.15, -0.1) is 4.20 Å². The summed E-state index contributed by atoms with van der Waals surface area (Å²) in [7, 11) is -5.14. The quantitative estimate of drug-likeness (QED) is 0.298. The fraction of sp³-hybridized carbons (Fsp3) is 0. The number of rotatable bonds is 0. The Morgan fingerprint density at radius 3 is 1.57 bits per heavy atom. The van der Waals surface area contributed by atoms with Crippen LogP contribution < -0.4 is 29.6 Å². The molecular weight excluding hydrogens is 161 g/mol. The summed E-state index contributed by atoms with van der Waals surface area (Å²) in [6, 6.07) is 0. The minimum atomic E-state index is -5.14. The van der Waals surface area contributed by atoms with Gasteiger partial charge in [-0.1, -0.05) is 0 Å². The second kappa shape index (κ2) is 6.46. The van der Waals surface area contributed by atoms with Crippen molar-refractivity contribution in [2.45, 2.75) is 0 Å². The maximum Gasteiger partial charge on any atom is 2.00 e. The van der Waals surface area contributed by atoms with Gasteiger partial charge in [-0.05, 0) is 0 Å². The zero-order chi connectivity index (χ0) is 4.50. The molecule has 0 aromatic rings. The van der Waals surface area contributed by atoms with Crippen molar-refractivity contribution in [3.63, 3.8) is 0 Å². The van der Waals surface area contributed by atoms with E-state index < -0.39 is 7.91 Å². The fourth-order valence-electron chi connectivity index (χ4n) is 0. The minimum absolute atomic E-state index is 0. The van der Waals surface area contributed by atoms with Crippen LogP contribution in [0.4, 0.5) is 4.20 Å². The summed E-state index contributed by atoms with van der Waals surface area (Å²) in [5.41, 5.74) is 0. The Labute approximate surface area is 96.7 Å². The molecular formula is H5CaFNaO3P. The molecule has 3 nitrogen and oxygen atoms in total. The van der Waals surface area contributed by atoms with Gasteiger partial charge in [0.25, 0.3) is 0 Å². The summed E-state index contributed by atoms with van der Waals surface area (Å²) in [5, 5.41) is 0. The zero-order valence-corrected chi connectivity index (χ0v) is 8.94. The van der Waals surface area contributed by atoms with E-state index in [2.05, 4.69) is 0 Å². The number of hydrogen-bond acceptors (Lipinski definition) is 1. The Bertz CT molecular complexity index is 69.9. The van der Waals surface area contributed by atoms with Gasteiger partial charge in [0.05, 0.1) is 0 Å². The molecule has 7 heavy (non-hydrogen) atoms. The molecule has 0 radical (unpaired) electrons. The monoisotopic (exact) mass is 166 g/mol. The molecule has 0 rings (SSSR count). The van der Waals surface area contributed by atoms with E-state index in [9.17, 15) is 4.20 Å². The summed E-state index contributed by atoms with van der Waals surface area (Å²) in [4.78, 5) is 13.9. The fourth-order valence-corrected chi connectivity index (χ4v) is 0. The smallest absolute Gasteiger partial charge is 1.00 e. The van der Waals surface area contributed by atoms with Gasteiger partial charge < -0.3 is 4.28 Å². The van der Waals surface area contributed by atoms with E-state index >= 15 is 0 Å². The van der Waals surface area contributed by atoms with Crippen LogP contribution in [0.1, 0.15) is 4.28 Å². The molecule has 0 aliphatic heterocycles. The molecule has 0 heterocycles. The van der Waals surface area contributed by atoms with Gasteiger partial charge in [0, 0.05) is 0 Å². The molecule has 0 saturated carbocycles. The van der Waals surface area contributed by atoms with Crippen molar-refractivity contribution in [1.29, 1.82) is 0 Å². The van der Waals surface area contributed by atoms with Crippen LogP contribution in [0, 0.1) is 0 Å². The van der Waals surface area contributed by atoms with Crippen molar-refractivity contribution in [2.24, 2.45) is 0 Å². The first kappa shape index (κ1) is 16.2. The van der Waals surface area contributed by atoms with Crippen LogP contribution in [-0.4, -0.2) is 47.5 Å². The molecule has 0 bridgehead atoms. The first-order valence-electron chi connectivity index (χ1n) is 0.752. The van der Waals surface area contributed by atoms with Crippen molar-refractivity contribution in [3.8, 4) is 0 Å². The summed E-state index contributed by atoms with van der Waals surface area (Å²) in [6.45, 7) is 0.